The van der Waals surface area contributed by atoms with Gasteiger partial charge >= 0.3 is 6.03 Å². The van der Waals surface area contributed by atoms with Gasteiger partial charge in [-0.3, -0.25) is 5.21 Å². The van der Waals surface area contributed by atoms with Gasteiger partial charge in [0.15, 0.2) is 9.84 Å². The van der Waals surface area contributed by atoms with Crippen molar-refractivity contribution in [3.8, 4) is 0 Å². The van der Waals surface area contributed by atoms with Gasteiger partial charge in [0, 0.05) is 9.58 Å². The zero-order chi connectivity index (χ0) is 18.0. The van der Waals surface area contributed by atoms with Crippen LogP contribution in [0.25, 0.3) is 10.1 Å². The molecule has 8 heteroatoms. The maximum Gasteiger partial charge on any atom is 0.339 e. The highest BCUT2D eigenvalue weighted by Crippen LogP contribution is 2.34. The van der Waals surface area contributed by atoms with Gasteiger partial charge in [0.05, 0.1) is 10.6 Å². The summed E-state index contributed by atoms with van der Waals surface area (Å²) in [4.78, 5) is 12.1. The van der Waals surface area contributed by atoms with Crippen molar-refractivity contribution >= 4 is 37.3 Å². The van der Waals surface area contributed by atoms with Crippen molar-refractivity contribution in [3.63, 3.8) is 0 Å². The van der Waals surface area contributed by atoms with Crippen LogP contribution in [0.5, 0.6) is 0 Å². The number of amides is 2. The molecule has 1 atom stereocenters. The van der Waals surface area contributed by atoms with Crippen molar-refractivity contribution in [1.82, 2.24) is 5.06 Å². The maximum atomic E-state index is 12.7. The summed E-state index contributed by atoms with van der Waals surface area (Å²) in [5.41, 5.74) is 5.17. The third-order valence-corrected chi connectivity index (χ3v) is 6.74. The maximum absolute atomic E-state index is 12.7. The predicted octanol–water partition coefficient (Wildman–Crippen LogP) is 3.19. The number of thiophene rings is 1. The molecule has 1 heterocycles. The molecule has 0 saturated heterocycles. The van der Waals surface area contributed by atoms with Gasteiger partial charge in [0.1, 0.15) is 6.04 Å². The summed E-state index contributed by atoms with van der Waals surface area (Å²) in [5.74, 6) is -0.469. The van der Waals surface area contributed by atoms with Crippen molar-refractivity contribution in [3.05, 3.63) is 65.5 Å². The van der Waals surface area contributed by atoms with Crippen LogP contribution in [0.4, 0.5) is 4.79 Å². The number of nitrogens with zero attached hydrogens (tertiary/aromatic N) is 1. The van der Waals surface area contributed by atoms with E-state index in [1.807, 2.05) is 24.3 Å². The third kappa shape index (κ3) is 3.65. The third-order valence-electron chi connectivity index (χ3n) is 3.77. The number of rotatable bonds is 5. The lowest BCUT2D eigenvalue weighted by molar-refractivity contribution is -0.0689. The number of sulfone groups is 1. The fraction of sp³-hybridized carbons (Fsp3) is 0.118. The smallest absolute Gasteiger partial charge is 0.339 e. The van der Waals surface area contributed by atoms with Crippen LogP contribution in [0.1, 0.15) is 10.9 Å². The number of primary amides is 1. The summed E-state index contributed by atoms with van der Waals surface area (Å²) in [6.45, 7) is 0. The van der Waals surface area contributed by atoms with E-state index in [1.54, 1.807) is 24.3 Å². The van der Waals surface area contributed by atoms with Crippen LogP contribution in [0.2, 0.25) is 0 Å². The first-order chi connectivity index (χ1) is 11.9. The Bertz CT molecular complexity index is 967. The van der Waals surface area contributed by atoms with E-state index in [4.69, 9.17) is 5.73 Å². The zero-order valence-corrected chi connectivity index (χ0v) is 14.7. The molecule has 0 fully saturated rings. The molecule has 3 N–H and O–H groups in total. The van der Waals surface area contributed by atoms with E-state index in [9.17, 15) is 18.4 Å². The van der Waals surface area contributed by atoms with Gasteiger partial charge in [-0.15, -0.1) is 11.3 Å². The van der Waals surface area contributed by atoms with E-state index in [0.717, 1.165) is 10.1 Å². The first-order valence-electron chi connectivity index (χ1n) is 7.42. The molecule has 1 unspecified atom stereocenters. The second kappa shape index (κ2) is 6.83. The Labute approximate surface area is 149 Å². The second-order valence-electron chi connectivity index (χ2n) is 5.48. The molecule has 2 amide bonds. The van der Waals surface area contributed by atoms with Gasteiger partial charge in [0.25, 0.3) is 0 Å². The topological polar surface area (TPSA) is 101 Å². The zero-order valence-electron chi connectivity index (χ0n) is 13.1. The standard InChI is InChI=1S/C17H16N2O4S2/c18-17(20)19(21)14(11-25(22,23)13-7-2-1-3-8-13)16-10-12-6-4-5-9-15(12)24-16/h1-10,14,21H,11H2,(H2,18,20). The molecule has 0 bridgehead atoms. The van der Waals surface area contributed by atoms with Crippen LogP contribution in [0.3, 0.4) is 0 Å². The van der Waals surface area contributed by atoms with Gasteiger partial charge in [-0.2, -0.15) is 5.06 Å². The lowest BCUT2D eigenvalue weighted by Gasteiger charge is -2.23. The molecule has 2 aromatic carbocycles. The quantitative estimate of drug-likeness (QED) is 0.527. The largest absolute Gasteiger partial charge is 0.350 e. The van der Waals surface area contributed by atoms with E-state index in [1.165, 1.54) is 23.5 Å². The molecule has 6 nitrogen and oxygen atoms in total. The first-order valence-corrected chi connectivity index (χ1v) is 9.89. The number of fused-ring (bicyclic) bond motifs is 1. The number of hydroxylamine groups is 2. The molecule has 130 valence electrons. The lowest BCUT2D eigenvalue weighted by Crippen LogP contribution is -2.38. The van der Waals surface area contributed by atoms with Crippen LogP contribution in [0.15, 0.2) is 65.6 Å². The number of benzene rings is 2. The molecular formula is C17H16N2O4S2. The summed E-state index contributed by atoms with van der Waals surface area (Å²) < 4.78 is 26.3. The Kier molecular flexibility index (Phi) is 4.76. The summed E-state index contributed by atoms with van der Waals surface area (Å²) in [6, 6.07) is 15.0. The van der Waals surface area contributed by atoms with E-state index in [0.29, 0.717) is 4.88 Å². The summed E-state index contributed by atoms with van der Waals surface area (Å²) in [7, 11) is -3.73. The van der Waals surface area contributed by atoms with Crippen LogP contribution in [0, 0.1) is 0 Å². The first kappa shape index (κ1) is 17.4. The van der Waals surface area contributed by atoms with E-state index >= 15 is 0 Å². The molecular weight excluding hydrogens is 360 g/mol. The van der Waals surface area contributed by atoms with E-state index in [2.05, 4.69) is 0 Å². The van der Waals surface area contributed by atoms with Gasteiger partial charge in [0.2, 0.25) is 0 Å². The Morgan fingerprint density at radius 1 is 1.12 bits per heavy atom. The average Bonchev–Trinajstić information content (AvgIpc) is 3.03. The summed E-state index contributed by atoms with van der Waals surface area (Å²) in [5, 5.41) is 11.3. The molecule has 1 aromatic heterocycles. The van der Waals surface area contributed by atoms with Crippen LogP contribution in [-0.4, -0.2) is 30.5 Å². The molecule has 0 saturated carbocycles. The minimum Gasteiger partial charge on any atom is -0.350 e. The van der Waals surface area contributed by atoms with Crippen LogP contribution in [-0.2, 0) is 9.84 Å². The molecule has 3 rings (SSSR count). The number of carbonyl (C=O) groups excluding carboxylic acids is 1. The minimum absolute atomic E-state index is 0.124. The fourth-order valence-electron chi connectivity index (χ4n) is 2.53. The second-order valence-corrected chi connectivity index (χ2v) is 8.63. The highest BCUT2D eigenvalue weighted by Gasteiger charge is 2.30. The van der Waals surface area contributed by atoms with E-state index < -0.39 is 27.7 Å². The highest BCUT2D eigenvalue weighted by molar-refractivity contribution is 7.91. The van der Waals surface area contributed by atoms with Crippen molar-refractivity contribution in [1.29, 1.82) is 0 Å². The van der Waals surface area contributed by atoms with Gasteiger partial charge < -0.3 is 5.73 Å². The van der Waals surface area contributed by atoms with Crippen molar-refractivity contribution < 1.29 is 18.4 Å². The Hall–Kier alpha value is -2.42. The number of hydrogen-bond acceptors (Lipinski definition) is 5. The molecule has 0 spiro atoms. The highest BCUT2D eigenvalue weighted by atomic mass is 32.2. The van der Waals surface area contributed by atoms with Crippen LogP contribution < -0.4 is 5.73 Å². The van der Waals surface area contributed by atoms with Crippen molar-refractivity contribution in [2.45, 2.75) is 10.9 Å². The monoisotopic (exact) mass is 376 g/mol. The fourth-order valence-corrected chi connectivity index (χ4v) is 5.28. The predicted molar refractivity (Wildman–Crippen MR) is 96.3 cm³/mol. The van der Waals surface area contributed by atoms with Crippen molar-refractivity contribution in [2.75, 3.05) is 5.75 Å². The lowest BCUT2D eigenvalue weighted by atomic mass is 10.2. The number of urea groups is 1. The average molecular weight is 376 g/mol. The molecule has 3 aromatic rings. The molecule has 0 aliphatic heterocycles. The number of nitrogens with two attached hydrogens (primary N) is 1. The van der Waals surface area contributed by atoms with E-state index in [-0.39, 0.29) is 9.96 Å². The number of carbonyl (C=O) groups is 1. The molecule has 25 heavy (non-hydrogen) atoms. The summed E-state index contributed by atoms with van der Waals surface area (Å²) in [6.07, 6.45) is 0. The normalized spacial score (nSPS) is 12.8. The number of hydrogen-bond donors (Lipinski definition) is 2. The summed E-state index contributed by atoms with van der Waals surface area (Å²) >= 11 is 1.31. The molecule has 0 aliphatic carbocycles. The van der Waals surface area contributed by atoms with Gasteiger partial charge in [-0.05, 0) is 29.7 Å². The van der Waals surface area contributed by atoms with Crippen molar-refractivity contribution in [2.24, 2.45) is 5.73 Å². The van der Waals surface area contributed by atoms with Gasteiger partial charge in [-0.1, -0.05) is 36.4 Å². The minimum atomic E-state index is -3.73. The molecule has 0 aliphatic rings. The Morgan fingerprint density at radius 3 is 2.40 bits per heavy atom. The van der Waals surface area contributed by atoms with Crippen LogP contribution >= 0.6 is 11.3 Å². The SMILES string of the molecule is NC(=O)N(O)C(CS(=O)(=O)c1ccccc1)c1cc2ccccc2s1. The Balaban J connectivity index is 2.02. The molecule has 0 radical (unpaired) electrons. The Morgan fingerprint density at radius 2 is 1.76 bits per heavy atom. The van der Waals surface area contributed by atoms with Gasteiger partial charge in [-0.25, -0.2) is 13.2 Å².